The first-order chi connectivity index (χ1) is 7.16. The predicted molar refractivity (Wildman–Crippen MR) is 61.9 cm³/mol. The summed E-state index contributed by atoms with van der Waals surface area (Å²) in [5.41, 5.74) is 1.16. The molecule has 0 heterocycles. The van der Waals surface area contributed by atoms with E-state index >= 15 is 0 Å². The van der Waals surface area contributed by atoms with Crippen LogP contribution in [0.2, 0.25) is 0 Å². The van der Waals surface area contributed by atoms with Crippen LogP contribution in [0.5, 0.6) is 0 Å². The molecule has 0 aromatic heterocycles. The molecule has 1 unspecified atom stereocenters. The van der Waals surface area contributed by atoms with Crippen molar-refractivity contribution < 1.29 is 9.90 Å². The van der Waals surface area contributed by atoms with Crippen molar-refractivity contribution >= 4 is 21.9 Å². The van der Waals surface area contributed by atoms with Gasteiger partial charge in [-0.2, -0.15) is 0 Å². The molecule has 1 saturated carbocycles. The molecule has 1 aliphatic carbocycles. The second-order valence-electron chi connectivity index (χ2n) is 4.09. The third-order valence-corrected chi connectivity index (χ3v) is 3.41. The minimum Gasteiger partial charge on any atom is -0.481 e. The maximum Gasteiger partial charge on any atom is 0.303 e. The Kier molecular flexibility index (Phi) is 3.10. The van der Waals surface area contributed by atoms with Crippen LogP contribution in [0.15, 0.2) is 28.7 Å². The number of aliphatic carboxylic acids is 1. The van der Waals surface area contributed by atoms with Gasteiger partial charge in [0.05, 0.1) is 6.42 Å². The number of benzene rings is 1. The van der Waals surface area contributed by atoms with Crippen molar-refractivity contribution in [2.75, 3.05) is 0 Å². The van der Waals surface area contributed by atoms with E-state index in [1.54, 1.807) is 0 Å². The van der Waals surface area contributed by atoms with E-state index in [1.165, 1.54) is 12.8 Å². The van der Waals surface area contributed by atoms with Crippen LogP contribution in [0.4, 0.5) is 0 Å². The van der Waals surface area contributed by atoms with Gasteiger partial charge in [-0.15, -0.1) is 0 Å². The van der Waals surface area contributed by atoms with E-state index in [2.05, 4.69) is 15.9 Å². The fourth-order valence-corrected chi connectivity index (χ4v) is 2.22. The van der Waals surface area contributed by atoms with E-state index in [9.17, 15) is 4.79 Å². The first-order valence-corrected chi connectivity index (χ1v) is 5.93. The van der Waals surface area contributed by atoms with Crippen LogP contribution in [0, 0.1) is 5.92 Å². The van der Waals surface area contributed by atoms with Crippen LogP contribution in [-0.2, 0) is 4.79 Å². The Balaban J connectivity index is 2.16. The Morgan fingerprint density at radius 2 is 2.00 bits per heavy atom. The summed E-state index contributed by atoms with van der Waals surface area (Å²) in [6, 6.07) is 8.01. The number of carbonyl (C=O) groups is 1. The predicted octanol–water partition coefficient (Wildman–Crippen LogP) is 3.42. The van der Waals surface area contributed by atoms with E-state index < -0.39 is 5.97 Å². The highest BCUT2D eigenvalue weighted by molar-refractivity contribution is 9.10. The molecule has 0 bridgehead atoms. The first-order valence-electron chi connectivity index (χ1n) is 5.14. The minimum atomic E-state index is -0.699. The Hall–Kier alpha value is -0.830. The zero-order chi connectivity index (χ0) is 10.8. The van der Waals surface area contributed by atoms with Crippen molar-refractivity contribution in [1.29, 1.82) is 0 Å². The number of halogens is 1. The van der Waals surface area contributed by atoms with Crippen molar-refractivity contribution in [3.05, 3.63) is 34.3 Å². The SMILES string of the molecule is O=C(O)CC(c1ccc(Br)cc1)C1CC1. The molecule has 0 spiro atoms. The maximum absolute atomic E-state index is 10.8. The van der Waals surface area contributed by atoms with Crippen LogP contribution >= 0.6 is 15.9 Å². The molecule has 1 aliphatic rings. The van der Waals surface area contributed by atoms with Gasteiger partial charge in [0.2, 0.25) is 0 Å². The quantitative estimate of drug-likeness (QED) is 0.909. The molecule has 1 aromatic carbocycles. The lowest BCUT2D eigenvalue weighted by Gasteiger charge is -2.14. The molecular formula is C12H13BrO2. The van der Waals surface area contributed by atoms with Crippen LogP contribution in [0.25, 0.3) is 0 Å². The van der Waals surface area contributed by atoms with Gasteiger partial charge in [0.25, 0.3) is 0 Å². The zero-order valence-corrected chi connectivity index (χ0v) is 9.90. The van der Waals surface area contributed by atoms with Gasteiger partial charge >= 0.3 is 5.97 Å². The van der Waals surface area contributed by atoms with Gasteiger partial charge < -0.3 is 5.11 Å². The summed E-state index contributed by atoms with van der Waals surface area (Å²) in [4.78, 5) is 10.8. The highest BCUT2D eigenvalue weighted by Crippen LogP contribution is 2.44. The number of hydrogen-bond acceptors (Lipinski definition) is 1. The van der Waals surface area contributed by atoms with E-state index in [-0.39, 0.29) is 12.3 Å². The van der Waals surface area contributed by atoms with E-state index in [4.69, 9.17) is 5.11 Å². The molecule has 0 saturated heterocycles. The molecule has 1 N–H and O–H groups in total. The van der Waals surface area contributed by atoms with Crippen molar-refractivity contribution in [2.45, 2.75) is 25.2 Å². The number of hydrogen-bond donors (Lipinski definition) is 1. The molecule has 2 rings (SSSR count). The summed E-state index contributed by atoms with van der Waals surface area (Å²) in [5.74, 6) is 0.0905. The van der Waals surface area contributed by atoms with Crippen LogP contribution in [-0.4, -0.2) is 11.1 Å². The summed E-state index contributed by atoms with van der Waals surface area (Å²) < 4.78 is 1.04. The Labute approximate surface area is 97.4 Å². The van der Waals surface area contributed by atoms with Gasteiger partial charge in [0.1, 0.15) is 0 Å². The number of carboxylic acid groups (broad SMARTS) is 1. The third-order valence-electron chi connectivity index (χ3n) is 2.88. The Morgan fingerprint density at radius 3 is 2.47 bits per heavy atom. The molecule has 1 aromatic rings. The smallest absolute Gasteiger partial charge is 0.303 e. The molecule has 0 aliphatic heterocycles. The lowest BCUT2D eigenvalue weighted by molar-refractivity contribution is -0.137. The average Bonchev–Trinajstić information content (AvgIpc) is 2.99. The standard InChI is InChI=1S/C12H13BrO2/c13-10-5-3-9(4-6-10)11(7-12(14)15)8-1-2-8/h3-6,8,11H,1-2,7H2,(H,14,15). The largest absolute Gasteiger partial charge is 0.481 e. The fraction of sp³-hybridized carbons (Fsp3) is 0.417. The molecule has 2 nitrogen and oxygen atoms in total. The lowest BCUT2D eigenvalue weighted by atomic mass is 9.91. The van der Waals surface area contributed by atoms with E-state index in [0.717, 1.165) is 10.0 Å². The van der Waals surface area contributed by atoms with Crippen LogP contribution in [0.1, 0.15) is 30.7 Å². The molecule has 80 valence electrons. The maximum atomic E-state index is 10.8. The highest BCUT2D eigenvalue weighted by Gasteiger charge is 2.33. The van der Waals surface area contributed by atoms with Gasteiger partial charge in [-0.3, -0.25) is 4.79 Å². The average molecular weight is 269 g/mol. The van der Waals surface area contributed by atoms with E-state index in [1.807, 2.05) is 24.3 Å². The Morgan fingerprint density at radius 1 is 1.40 bits per heavy atom. The highest BCUT2D eigenvalue weighted by atomic mass is 79.9. The molecule has 0 amide bonds. The first kappa shape index (κ1) is 10.7. The van der Waals surface area contributed by atoms with E-state index in [0.29, 0.717) is 5.92 Å². The lowest BCUT2D eigenvalue weighted by Crippen LogP contribution is -2.08. The van der Waals surface area contributed by atoms with Gasteiger partial charge in [0, 0.05) is 4.47 Å². The molecule has 0 radical (unpaired) electrons. The summed E-state index contributed by atoms with van der Waals surface area (Å²) in [6.07, 6.45) is 2.61. The Bertz CT molecular complexity index is 354. The van der Waals surface area contributed by atoms with Crippen LogP contribution < -0.4 is 0 Å². The molecule has 3 heteroatoms. The normalized spacial score (nSPS) is 17.4. The monoisotopic (exact) mass is 268 g/mol. The summed E-state index contributed by atoms with van der Waals surface area (Å²) in [5, 5.41) is 8.87. The third kappa shape index (κ3) is 2.81. The molecule has 15 heavy (non-hydrogen) atoms. The van der Waals surface area contributed by atoms with Crippen molar-refractivity contribution in [3.8, 4) is 0 Å². The van der Waals surface area contributed by atoms with Crippen molar-refractivity contribution in [3.63, 3.8) is 0 Å². The summed E-state index contributed by atoms with van der Waals surface area (Å²) >= 11 is 3.38. The second kappa shape index (κ2) is 4.35. The summed E-state index contributed by atoms with van der Waals surface area (Å²) in [6.45, 7) is 0. The van der Waals surface area contributed by atoms with Crippen molar-refractivity contribution in [2.24, 2.45) is 5.92 Å². The van der Waals surface area contributed by atoms with Gasteiger partial charge in [-0.05, 0) is 42.4 Å². The fourth-order valence-electron chi connectivity index (χ4n) is 1.95. The van der Waals surface area contributed by atoms with Gasteiger partial charge in [-0.25, -0.2) is 0 Å². The number of carboxylic acids is 1. The number of rotatable bonds is 4. The topological polar surface area (TPSA) is 37.3 Å². The molecular weight excluding hydrogens is 256 g/mol. The van der Waals surface area contributed by atoms with Gasteiger partial charge in [0.15, 0.2) is 0 Å². The molecule has 1 fully saturated rings. The second-order valence-corrected chi connectivity index (χ2v) is 5.01. The van der Waals surface area contributed by atoms with Crippen LogP contribution in [0.3, 0.4) is 0 Å². The molecule has 1 atom stereocenters. The van der Waals surface area contributed by atoms with Gasteiger partial charge in [-0.1, -0.05) is 28.1 Å². The minimum absolute atomic E-state index is 0.204. The summed E-state index contributed by atoms with van der Waals surface area (Å²) in [7, 11) is 0. The van der Waals surface area contributed by atoms with Crippen molar-refractivity contribution in [1.82, 2.24) is 0 Å². The zero-order valence-electron chi connectivity index (χ0n) is 8.32.